The number of carboxylic acids is 1. The number of carbonyl (C=O) groups is 1. The summed E-state index contributed by atoms with van der Waals surface area (Å²) in [6, 6.07) is 8.02. The van der Waals surface area contributed by atoms with Gasteiger partial charge in [0.05, 0.1) is 6.42 Å². The summed E-state index contributed by atoms with van der Waals surface area (Å²) in [7, 11) is -0.639. The average Bonchev–Trinajstić information content (AvgIpc) is 2.39. The van der Waals surface area contributed by atoms with Crippen LogP contribution in [0.3, 0.4) is 0 Å². The highest BCUT2D eigenvalue weighted by Crippen LogP contribution is 2.13. The van der Waals surface area contributed by atoms with Gasteiger partial charge in [-0.2, -0.15) is 0 Å². The lowest BCUT2D eigenvalue weighted by Gasteiger charge is -2.23. The summed E-state index contributed by atoms with van der Waals surface area (Å²) in [5, 5.41) is 12.3. The molecular weight excluding hydrogens is 262 g/mol. The van der Waals surface area contributed by atoms with Crippen LogP contribution in [0.1, 0.15) is 24.0 Å². The number of nitrogens with one attached hydrogen (secondary N) is 1. The maximum absolute atomic E-state index is 11.3. The zero-order valence-corrected chi connectivity index (χ0v) is 11.6. The highest BCUT2D eigenvalue weighted by molar-refractivity contribution is 7.85. The molecule has 0 atom stereocenters. The summed E-state index contributed by atoms with van der Waals surface area (Å²) >= 11 is 0. The zero-order valence-electron chi connectivity index (χ0n) is 10.8. The van der Waals surface area contributed by atoms with E-state index in [2.05, 4.69) is 5.32 Å². The normalized spacial score (nSPS) is 23.2. The molecule has 4 nitrogen and oxygen atoms in total. The van der Waals surface area contributed by atoms with E-state index in [4.69, 9.17) is 5.11 Å². The Labute approximate surface area is 115 Å². The molecule has 0 spiro atoms. The molecule has 0 saturated carbocycles. The van der Waals surface area contributed by atoms with Crippen LogP contribution >= 0.6 is 0 Å². The average molecular weight is 281 g/mol. The first-order valence-corrected chi connectivity index (χ1v) is 8.01. The molecule has 0 radical (unpaired) electrons. The molecule has 0 bridgehead atoms. The lowest BCUT2D eigenvalue weighted by atomic mass is 10.0. The molecule has 19 heavy (non-hydrogen) atoms. The van der Waals surface area contributed by atoms with Crippen LogP contribution in [0, 0.1) is 0 Å². The first-order chi connectivity index (χ1) is 9.15. The molecule has 1 aromatic rings. The second-order valence-corrected chi connectivity index (χ2v) is 6.54. The molecule has 1 heterocycles. The van der Waals surface area contributed by atoms with E-state index >= 15 is 0 Å². The van der Waals surface area contributed by atoms with Crippen molar-refractivity contribution < 1.29 is 14.1 Å². The van der Waals surface area contributed by atoms with Gasteiger partial charge in [0, 0.05) is 34.9 Å². The summed E-state index contributed by atoms with van der Waals surface area (Å²) < 4.78 is 11.3. The molecule has 2 rings (SSSR count). The van der Waals surface area contributed by atoms with Gasteiger partial charge in [0.2, 0.25) is 0 Å². The van der Waals surface area contributed by atoms with E-state index in [1.54, 1.807) is 0 Å². The zero-order chi connectivity index (χ0) is 13.7. The fourth-order valence-corrected chi connectivity index (χ4v) is 3.62. The summed E-state index contributed by atoms with van der Waals surface area (Å²) in [6.07, 6.45) is 1.94. The Balaban J connectivity index is 1.91. The van der Waals surface area contributed by atoms with E-state index in [1.165, 1.54) is 0 Å². The molecule has 0 aliphatic carbocycles. The summed E-state index contributed by atoms with van der Waals surface area (Å²) in [4.78, 5) is 10.8. The van der Waals surface area contributed by atoms with Gasteiger partial charge >= 0.3 is 5.97 Å². The Bertz CT molecular complexity index is 466. The minimum Gasteiger partial charge on any atom is -0.481 e. The first kappa shape index (κ1) is 14.2. The van der Waals surface area contributed by atoms with Crippen LogP contribution in [-0.4, -0.2) is 32.8 Å². The molecule has 0 aromatic heterocycles. The van der Waals surface area contributed by atoms with Gasteiger partial charge in [-0.25, -0.2) is 0 Å². The number of hydrogen-bond acceptors (Lipinski definition) is 3. The minimum absolute atomic E-state index is 0.0620. The molecule has 1 aliphatic rings. The molecule has 0 amide bonds. The van der Waals surface area contributed by atoms with Gasteiger partial charge in [0.25, 0.3) is 0 Å². The van der Waals surface area contributed by atoms with Crippen LogP contribution in [0.15, 0.2) is 24.3 Å². The van der Waals surface area contributed by atoms with E-state index in [1.807, 2.05) is 24.3 Å². The minimum atomic E-state index is -0.805. The summed E-state index contributed by atoms with van der Waals surface area (Å²) in [5.74, 6) is 0.739. The van der Waals surface area contributed by atoms with Crippen molar-refractivity contribution in [3.8, 4) is 0 Å². The lowest BCUT2D eigenvalue weighted by Crippen LogP contribution is -2.35. The van der Waals surface area contributed by atoms with Crippen LogP contribution in [0.25, 0.3) is 0 Å². The Morgan fingerprint density at radius 1 is 1.26 bits per heavy atom. The van der Waals surface area contributed by atoms with Crippen LogP contribution < -0.4 is 5.32 Å². The highest BCUT2D eigenvalue weighted by Gasteiger charge is 2.17. The second-order valence-electron chi connectivity index (χ2n) is 4.84. The Kier molecular flexibility index (Phi) is 5.10. The Morgan fingerprint density at radius 2 is 1.89 bits per heavy atom. The van der Waals surface area contributed by atoms with Crippen molar-refractivity contribution >= 4 is 16.8 Å². The van der Waals surface area contributed by atoms with Gasteiger partial charge in [0.15, 0.2) is 0 Å². The maximum Gasteiger partial charge on any atom is 0.307 e. The van der Waals surface area contributed by atoms with Crippen LogP contribution in [0.5, 0.6) is 0 Å². The monoisotopic (exact) mass is 281 g/mol. The quantitative estimate of drug-likeness (QED) is 0.854. The molecule has 2 N–H and O–H groups in total. The third kappa shape index (κ3) is 4.44. The van der Waals surface area contributed by atoms with Crippen molar-refractivity contribution in [2.45, 2.75) is 31.8 Å². The third-order valence-electron chi connectivity index (χ3n) is 3.43. The number of benzene rings is 1. The molecule has 0 unspecified atom stereocenters. The first-order valence-electron chi connectivity index (χ1n) is 6.52. The van der Waals surface area contributed by atoms with E-state index in [0.29, 0.717) is 12.6 Å². The molecule has 1 aliphatic heterocycles. The van der Waals surface area contributed by atoms with E-state index in [9.17, 15) is 9.00 Å². The van der Waals surface area contributed by atoms with Crippen LogP contribution in [0.2, 0.25) is 0 Å². The van der Waals surface area contributed by atoms with E-state index in [0.717, 1.165) is 35.5 Å². The van der Waals surface area contributed by atoms with Crippen LogP contribution in [-0.2, 0) is 28.6 Å². The van der Waals surface area contributed by atoms with Crippen molar-refractivity contribution in [1.29, 1.82) is 0 Å². The lowest BCUT2D eigenvalue weighted by molar-refractivity contribution is -0.136. The fourth-order valence-electron chi connectivity index (χ4n) is 2.32. The van der Waals surface area contributed by atoms with Gasteiger partial charge in [-0.15, -0.1) is 0 Å². The Morgan fingerprint density at radius 3 is 2.53 bits per heavy atom. The van der Waals surface area contributed by atoms with Crippen molar-refractivity contribution in [2.24, 2.45) is 0 Å². The smallest absolute Gasteiger partial charge is 0.307 e. The van der Waals surface area contributed by atoms with Crippen LogP contribution in [0.4, 0.5) is 0 Å². The highest BCUT2D eigenvalue weighted by atomic mass is 32.2. The standard InChI is InChI=1S/C14H19NO3S/c16-14(17)9-11-3-1-2-4-12(11)10-15-13-5-7-19(18)8-6-13/h1-4,13,15H,5-10H2,(H,16,17). The van der Waals surface area contributed by atoms with Crippen molar-refractivity contribution in [1.82, 2.24) is 5.32 Å². The molecule has 5 heteroatoms. The SMILES string of the molecule is O=C(O)Cc1ccccc1CNC1CCS(=O)CC1. The predicted octanol–water partition coefficient (Wildman–Crippen LogP) is 1.31. The largest absolute Gasteiger partial charge is 0.481 e. The fraction of sp³-hybridized carbons (Fsp3) is 0.500. The topological polar surface area (TPSA) is 66.4 Å². The molecule has 104 valence electrons. The van der Waals surface area contributed by atoms with Gasteiger partial charge in [0.1, 0.15) is 0 Å². The van der Waals surface area contributed by atoms with Gasteiger partial charge < -0.3 is 10.4 Å². The molecule has 1 saturated heterocycles. The summed E-state index contributed by atoms with van der Waals surface area (Å²) in [5.41, 5.74) is 1.90. The third-order valence-corrected chi connectivity index (χ3v) is 4.81. The van der Waals surface area contributed by atoms with Gasteiger partial charge in [-0.3, -0.25) is 9.00 Å². The molecule has 1 aromatic carbocycles. The Hall–Kier alpha value is -1.20. The number of rotatable bonds is 5. The van der Waals surface area contributed by atoms with E-state index in [-0.39, 0.29) is 6.42 Å². The molecular formula is C14H19NO3S. The van der Waals surface area contributed by atoms with Crippen molar-refractivity contribution in [3.05, 3.63) is 35.4 Å². The maximum atomic E-state index is 11.3. The predicted molar refractivity (Wildman–Crippen MR) is 75.5 cm³/mol. The van der Waals surface area contributed by atoms with Crippen molar-refractivity contribution in [3.63, 3.8) is 0 Å². The summed E-state index contributed by atoms with van der Waals surface area (Å²) in [6.45, 7) is 0.681. The van der Waals surface area contributed by atoms with E-state index < -0.39 is 16.8 Å². The van der Waals surface area contributed by atoms with Crippen molar-refractivity contribution in [2.75, 3.05) is 11.5 Å². The molecule has 1 fully saturated rings. The van der Waals surface area contributed by atoms with Gasteiger partial charge in [-0.05, 0) is 24.0 Å². The number of aliphatic carboxylic acids is 1. The number of hydrogen-bond donors (Lipinski definition) is 2. The number of carboxylic acid groups (broad SMARTS) is 1. The van der Waals surface area contributed by atoms with Gasteiger partial charge in [-0.1, -0.05) is 24.3 Å². The second kappa shape index (κ2) is 6.82.